The Balaban J connectivity index is 2.29. The number of hydrogen-bond acceptors (Lipinski definition) is 2. The topological polar surface area (TPSA) is 46.2 Å². The molecular formula is C10H11F2NO. The van der Waals surface area contributed by atoms with Gasteiger partial charge in [-0.15, -0.1) is 0 Å². The van der Waals surface area contributed by atoms with E-state index < -0.39 is 17.2 Å². The number of hydrogen-bond donors (Lipinski definition) is 2. The highest BCUT2D eigenvalue weighted by atomic mass is 19.2. The Labute approximate surface area is 80.4 Å². The van der Waals surface area contributed by atoms with Crippen molar-refractivity contribution in [2.45, 2.75) is 24.5 Å². The number of aliphatic hydroxyl groups is 1. The zero-order valence-corrected chi connectivity index (χ0v) is 7.50. The molecule has 4 heteroatoms. The van der Waals surface area contributed by atoms with Gasteiger partial charge in [-0.1, -0.05) is 6.07 Å². The van der Waals surface area contributed by atoms with Gasteiger partial charge in [-0.05, 0) is 30.5 Å². The third-order valence-electron chi connectivity index (χ3n) is 2.66. The highest BCUT2D eigenvalue weighted by Crippen LogP contribution is 2.40. The normalized spacial score (nSPS) is 31.3. The van der Waals surface area contributed by atoms with Crippen LogP contribution in [-0.4, -0.2) is 11.1 Å². The summed E-state index contributed by atoms with van der Waals surface area (Å²) in [6, 6.07) is 3.39. The van der Waals surface area contributed by atoms with Crippen molar-refractivity contribution < 1.29 is 13.9 Å². The lowest BCUT2D eigenvalue weighted by Crippen LogP contribution is -2.49. The van der Waals surface area contributed by atoms with Gasteiger partial charge in [0.15, 0.2) is 11.6 Å². The fraction of sp³-hybridized carbons (Fsp3) is 0.400. The molecule has 1 aliphatic carbocycles. The second-order valence-electron chi connectivity index (χ2n) is 3.83. The maximum absolute atomic E-state index is 12.8. The first-order valence-corrected chi connectivity index (χ1v) is 4.45. The summed E-state index contributed by atoms with van der Waals surface area (Å²) in [4.78, 5) is 0. The second-order valence-corrected chi connectivity index (χ2v) is 3.83. The van der Waals surface area contributed by atoms with E-state index >= 15 is 0 Å². The molecule has 2 rings (SSSR count). The van der Waals surface area contributed by atoms with Crippen LogP contribution in [0.25, 0.3) is 0 Å². The van der Waals surface area contributed by atoms with Gasteiger partial charge in [-0.25, -0.2) is 8.78 Å². The van der Waals surface area contributed by atoms with Gasteiger partial charge in [0.05, 0.1) is 5.60 Å². The Kier molecular flexibility index (Phi) is 2.05. The van der Waals surface area contributed by atoms with Crippen molar-refractivity contribution in [3.63, 3.8) is 0 Å². The molecule has 76 valence electrons. The van der Waals surface area contributed by atoms with Gasteiger partial charge in [-0.3, -0.25) is 0 Å². The summed E-state index contributed by atoms with van der Waals surface area (Å²) in [6.45, 7) is 0. The van der Waals surface area contributed by atoms with Crippen LogP contribution in [0.2, 0.25) is 0 Å². The SMILES string of the molecule is NC1CC(O)(c2ccc(F)c(F)c2)C1. The summed E-state index contributed by atoms with van der Waals surface area (Å²) in [5.74, 6) is -1.84. The molecule has 0 spiro atoms. The number of halogens is 2. The van der Waals surface area contributed by atoms with Crippen molar-refractivity contribution in [3.8, 4) is 0 Å². The van der Waals surface area contributed by atoms with Crippen molar-refractivity contribution in [2.24, 2.45) is 5.73 Å². The molecule has 0 aromatic heterocycles. The van der Waals surface area contributed by atoms with Crippen molar-refractivity contribution in [3.05, 3.63) is 35.4 Å². The van der Waals surface area contributed by atoms with Gasteiger partial charge < -0.3 is 10.8 Å². The van der Waals surface area contributed by atoms with Gasteiger partial charge in [0.1, 0.15) is 0 Å². The van der Waals surface area contributed by atoms with E-state index in [1.54, 1.807) is 0 Å². The maximum Gasteiger partial charge on any atom is 0.159 e. The van der Waals surface area contributed by atoms with Crippen LogP contribution in [0.1, 0.15) is 18.4 Å². The van der Waals surface area contributed by atoms with Gasteiger partial charge in [0, 0.05) is 6.04 Å². The first kappa shape index (κ1) is 9.55. The fourth-order valence-corrected chi connectivity index (χ4v) is 1.83. The zero-order valence-electron chi connectivity index (χ0n) is 7.50. The molecule has 1 aliphatic rings. The van der Waals surface area contributed by atoms with Crippen LogP contribution in [0.3, 0.4) is 0 Å². The van der Waals surface area contributed by atoms with Crippen LogP contribution in [0.5, 0.6) is 0 Å². The molecule has 0 heterocycles. The number of benzene rings is 1. The van der Waals surface area contributed by atoms with Gasteiger partial charge in [-0.2, -0.15) is 0 Å². The van der Waals surface area contributed by atoms with E-state index in [9.17, 15) is 13.9 Å². The van der Waals surface area contributed by atoms with E-state index in [1.807, 2.05) is 0 Å². The van der Waals surface area contributed by atoms with E-state index in [4.69, 9.17) is 5.73 Å². The summed E-state index contributed by atoms with van der Waals surface area (Å²) in [5, 5.41) is 9.90. The lowest BCUT2D eigenvalue weighted by molar-refractivity contribution is -0.0525. The third-order valence-corrected chi connectivity index (χ3v) is 2.66. The highest BCUT2D eigenvalue weighted by Gasteiger charge is 2.42. The lowest BCUT2D eigenvalue weighted by Gasteiger charge is -2.42. The monoisotopic (exact) mass is 199 g/mol. The van der Waals surface area contributed by atoms with Crippen LogP contribution in [0, 0.1) is 11.6 Å². The van der Waals surface area contributed by atoms with Crippen molar-refractivity contribution in [2.75, 3.05) is 0 Å². The second kappa shape index (κ2) is 3.00. The average Bonchev–Trinajstić information content (AvgIpc) is 2.07. The molecule has 2 nitrogen and oxygen atoms in total. The molecule has 0 radical (unpaired) electrons. The first-order valence-electron chi connectivity index (χ1n) is 4.45. The summed E-state index contributed by atoms with van der Waals surface area (Å²) in [7, 11) is 0. The Morgan fingerprint density at radius 1 is 1.29 bits per heavy atom. The summed E-state index contributed by atoms with van der Waals surface area (Å²) in [5.41, 5.74) is 4.87. The number of rotatable bonds is 1. The molecular weight excluding hydrogens is 188 g/mol. The zero-order chi connectivity index (χ0) is 10.3. The lowest BCUT2D eigenvalue weighted by atomic mass is 9.72. The molecule has 1 aromatic carbocycles. The minimum Gasteiger partial charge on any atom is -0.385 e. The third kappa shape index (κ3) is 1.40. The smallest absolute Gasteiger partial charge is 0.159 e. The van der Waals surface area contributed by atoms with E-state index in [1.165, 1.54) is 6.07 Å². The molecule has 1 fully saturated rings. The molecule has 14 heavy (non-hydrogen) atoms. The molecule has 0 bridgehead atoms. The predicted molar refractivity (Wildman–Crippen MR) is 47.5 cm³/mol. The van der Waals surface area contributed by atoms with Crippen LogP contribution >= 0.6 is 0 Å². The minimum atomic E-state index is -1.06. The predicted octanol–water partition coefficient (Wildman–Crippen LogP) is 1.27. The summed E-state index contributed by atoms with van der Waals surface area (Å²) >= 11 is 0. The van der Waals surface area contributed by atoms with Crippen LogP contribution in [0.4, 0.5) is 8.78 Å². The van der Waals surface area contributed by atoms with Gasteiger partial charge >= 0.3 is 0 Å². The van der Waals surface area contributed by atoms with Crippen LogP contribution in [0.15, 0.2) is 18.2 Å². The quantitative estimate of drug-likeness (QED) is 0.715. The number of nitrogens with two attached hydrogens (primary N) is 1. The van der Waals surface area contributed by atoms with Gasteiger partial charge in [0.2, 0.25) is 0 Å². The summed E-state index contributed by atoms with van der Waals surface area (Å²) in [6.07, 6.45) is 0.802. The average molecular weight is 199 g/mol. The molecule has 1 aromatic rings. The Morgan fingerprint density at radius 3 is 2.43 bits per heavy atom. The van der Waals surface area contributed by atoms with E-state index in [0.29, 0.717) is 18.4 Å². The van der Waals surface area contributed by atoms with E-state index in [-0.39, 0.29) is 6.04 Å². The minimum absolute atomic E-state index is 0.0480. The summed E-state index contributed by atoms with van der Waals surface area (Å²) < 4.78 is 25.5. The molecule has 0 aliphatic heterocycles. The molecule has 0 atom stereocenters. The first-order chi connectivity index (χ1) is 6.51. The Bertz CT molecular complexity index is 361. The van der Waals surface area contributed by atoms with Crippen LogP contribution < -0.4 is 5.73 Å². The van der Waals surface area contributed by atoms with Crippen molar-refractivity contribution >= 4 is 0 Å². The Hall–Kier alpha value is -1.00. The van der Waals surface area contributed by atoms with E-state index in [2.05, 4.69) is 0 Å². The van der Waals surface area contributed by atoms with E-state index in [0.717, 1.165) is 12.1 Å². The molecule has 3 N–H and O–H groups in total. The van der Waals surface area contributed by atoms with Gasteiger partial charge in [0.25, 0.3) is 0 Å². The largest absolute Gasteiger partial charge is 0.385 e. The molecule has 1 saturated carbocycles. The fourth-order valence-electron chi connectivity index (χ4n) is 1.83. The van der Waals surface area contributed by atoms with Crippen LogP contribution in [-0.2, 0) is 5.60 Å². The van der Waals surface area contributed by atoms with Crippen molar-refractivity contribution in [1.82, 2.24) is 0 Å². The standard InChI is InChI=1S/C10H11F2NO/c11-8-2-1-6(3-9(8)12)10(14)4-7(13)5-10/h1-3,7,14H,4-5,13H2. The Morgan fingerprint density at radius 2 is 1.93 bits per heavy atom. The van der Waals surface area contributed by atoms with Crippen molar-refractivity contribution in [1.29, 1.82) is 0 Å². The molecule has 0 unspecified atom stereocenters. The maximum atomic E-state index is 12.8. The molecule has 0 saturated heterocycles. The highest BCUT2D eigenvalue weighted by molar-refractivity contribution is 5.27. The molecule has 0 amide bonds.